The van der Waals surface area contributed by atoms with Crippen molar-refractivity contribution >= 4 is 23.8 Å². The van der Waals surface area contributed by atoms with Gasteiger partial charge in [0.05, 0.1) is 25.3 Å². The van der Waals surface area contributed by atoms with Gasteiger partial charge in [-0.25, -0.2) is 14.0 Å². The number of thioether (sulfide) groups is 1. The maximum Gasteiger partial charge on any atom is 0.338 e. The summed E-state index contributed by atoms with van der Waals surface area (Å²) in [5, 5.41) is 14.5. The Morgan fingerprint density at radius 1 is 1.14 bits per heavy atom. The number of urea groups is 1. The molecule has 0 spiro atoms. The molecule has 0 radical (unpaired) electrons. The highest BCUT2D eigenvalue weighted by atomic mass is 32.2. The summed E-state index contributed by atoms with van der Waals surface area (Å²) in [6.45, 7) is 1.91. The molecule has 2 amide bonds. The van der Waals surface area contributed by atoms with E-state index in [0.29, 0.717) is 33.6 Å². The number of carbonyl (C=O) groups excluding carboxylic acids is 2. The fourth-order valence-corrected chi connectivity index (χ4v) is 4.54. The predicted octanol–water partition coefficient (Wildman–Crippen LogP) is 3.59. The van der Waals surface area contributed by atoms with Gasteiger partial charge in [0, 0.05) is 24.1 Å². The largest absolute Gasteiger partial charge is 0.497 e. The average molecular weight is 498 g/mol. The van der Waals surface area contributed by atoms with Crippen molar-refractivity contribution < 1.29 is 23.5 Å². The molecule has 0 saturated carbocycles. The maximum atomic E-state index is 13.3. The molecule has 0 saturated heterocycles. The molecule has 1 aromatic heterocycles. The second-order valence-corrected chi connectivity index (χ2v) is 8.52. The molecule has 3 aromatic rings. The van der Waals surface area contributed by atoms with E-state index >= 15 is 0 Å². The van der Waals surface area contributed by atoms with E-state index in [0.717, 1.165) is 5.56 Å². The van der Waals surface area contributed by atoms with Crippen molar-refractivity contribution in [2.24, 2.45) is 7.05 Å². The first kappa shape index (κ1) is 24.3. The number of esters is 1. The van der Waals surface area contributed by atoms with Crippen LogP contribution in [0, 0.1) is 5.82 Å². The minimum Gasteiger partial charge on any atom is -0.497 e. The van der Waals surface area contributed by atoms with Crippen molar-refractivity contribution in [3.63, 3.8) is 0 Å². The normalized spacial score (nSPS) is 15.4. The van der Waals surface area contributed by atoms with Crippen LogP contribution in [0.15, 0.2) is 65.0 Å². The van der Waals surface area contributed by atoms with Gasteiger partial charge in [0.2, 0.25) is 0 Å². The van der Waals surface area contributed by atoms with Crippen LogP contribution in [-0.4, -0.2) is 46.2 Å². The average Bonchev–Trinajstić information content (AvgIpc) is 3.23. The topological polar surface area (TPSA) is 107 Å². The van der Waals surface area contributed by atoms with E-state index in [4.69, 9.17) is 9.47 Å². The Kier molecular flexibility index (Phi) is 7.35. The molecule has 1 aliphatic rings. The number of carbonyl (C=O) groups is 2. The number of aromatic nitrogens is 3. The highest BCUT2D eigenvalue weighted by molar-refractivity contribution is 7.99. The summed E-state index contributed by atoms with van der Waals surface area (Å²) in [5.74, 6) is 0.602. The highest BCUT2D eigenvalue weighted by Crippen LogP contribution is 2.32. The van der Waals surface area contributed by atoms with Gasteiger partial charge in [0.25, 0.3) is 0 Å². The second-order valence-electron chi connectivity index (χ2n) is 7.58. The van der Waals surface area contributed by atoms with E-state index in [-0.39, 0.29) is 18.2 Å². The van der Waals surface area contributed by atoms with Gasteiger partial charge in [0.1, 0.15) is 11.6 Å². The lowest BCUT2D eigenvalue weighted by molar-refractivity contribution is -0.139. The number of rotatable bonds is 8. The van der Waals surface area contributed by atoms with E-state index in [1.165, 1.54) is 23.9 Å². The van der Waals surface area contributed by atoms with Crippen molar-refractivity contribution in [2.75, 3.05) is 19.5 Å². The van der Waals surface area contributed by atoms with Crippen LogP contribution in [-0.2, 0) is 16.6 Å². The van der Waals surface area contributed by atoms with Gasteiger partial charge < -0.3 is 24.7 Å². The van der Waals surface area contributed by atoms with Crippen LogP contribution in [0.2, 0.25) is 0 Å². The third-order valence-corrected chi connectivity index (χ3v) is 6.43. The van der Waals surface area contributed by atoms with Gasteiger partial charge in [0.15, 0.2) is 11.0 Å². The summed E-state index contributed by atoms with van der Waals surface area (Å²) in [6, 6.07) is 11.9. The van der Waals surface area contributed by atoms with Gasteiger partial charge in [-0.15, -0.1) is 10.2 Å². The Bertz CT molecular complexity index is 1260. The Morgan fingerprint density at radius 2 is 1.86 bits per heavy atom. The van der Waals surface area contributed by atoms with Crippen LogP contribution < -0.4 is 15.4 Å². The van der Waals surface area contributed by atoms with Gasteiger partial charge in [-0.2, -0.15) is 0 Å². The summed E-state index contributed by atoms with van der Waals surface area (Å²) < 4.78 is 25.6. The van der Waals surface area contributed by atoms with Crippen LogP contribution in [0.4, 0.5) is 9.18 Å². The molecular weight excluding hydrogens is 473 g/mol. The Hall–Kier alpha value is -3.86. The first-order chi connectivity index (χ1) is 16.9. The van der Waals surface area contributed by atoms with Gasteiger partial charge in [-0.1, -0.05) is 23.9 Å². The minimum absolute atomic E-state index is 0.191. The molecule has 1 atom stereocenters. The van der Waals surface area contributed by atoms with Crippen molar-refractivity contribution in [1.29, 1.82) is 0 Å². The number of halogens is 1. The second kappa shape index (κ2) is 10.6. The van der Waals surface area contributed by atoms with E-state index in [2.05, 4.69) is 20.8 Å². The number of amides is 2. The smallest absolute Gasteiger partial charge is 0.338 e. The third-order valence-electron chi connectivity index (χ3n) is 5.38. The number of methoxy groups -OCH3 is 1. The van der Waals surface area contributed by atoms with Crippen molar-refractivity contribution in [3.8, 4) is 17.1 Å². The third kappa shape index (κ3) is 5.29. The van der Waals surface area contributed by atoms with E-state index in [1.54, 1.807) is 62.0 Å². The van der Waals surface area contributed by atoms with Crippen LogP contribution in [0.25, 0.3) is 11.4 Å². The van der Waals surface area contributed by atoms with Gasteiger partial charge in [-0.3, -0.25) is 0 Å². The fraction of sp³-hybridized carbons (Fsp3) is 0.250. The predicted molar refractivity (Wildman–Crippen MR) is 128 cm³/mol. The van der Waals surface area contributed by atoms with Crippen molar-refractivity contribution in [2.45, 2.75) is 18.1 Å². The number of nitrogens with zero attached hydrogens (tertiary/aromatic N) is 3. The zero-order chi connectivity index (χ0) is 24.9. The number of hydrogen-bond donors (Lipinski definition) is 2. The summed E-state index contributed by atoms with van der Waals surface area (Å²) in [5.41, 5.74) is 2.16. The fourth-order valence-electron chi connectivity index (χ4n) is 3.66. The van der Waals surface area contributed by atoms with E-state index in [9.17, 15) is 14.0 Å². The molecule has 0 aliphatic carbocycles. The molecule has 0 fully saturated rings. The number of hydrogen-bond acceptors (Lipinski definition) is 7. The van der Waals surface area contributed by atoms with Crippen LogP contribution in [0.5, 0.6) is 5.75 Å². The standard InChI is InChI=1S/C24H24FN5O4S/c1-4-34-22(31)19-18(26-23(32)27-20(19)14-7-11-17(33-3)12-8-14)13-35-24-29-28-21(30(24)2)15-5-9-16(25)10-6-15/h5-12,20H,4,13H2,1-3H3,(H2,26,27,32). The lowest BCUT2D eigenvalue weighted by atomic mass is 9.95. The summed E-state index contributed by atoms with van der Waals surface area (Å²) >= 11 is 1.30. The molecule has 0 bridgehead atoms. The van der Waals surface area contributed by atoms with Crippen molar-refractivity contribution in [1.82, 2.24) is 25.4 Å². The van der Waals surface area contributed by atoms with Gasteiger partial charge >= 0.3 is 12.0 Å². The lowest BCUT2D eigenvalue weighted by Gasteiger charge is -2.29. The zero-order valence-corrected chi connectivity index (χ0v) is 20.2. The highest BCUT2D eigenvalue weighted by Gasteiger charge is 2.34. The van der Waals surface area contributed by atoms with Crippen LogP contribution >= 0.6 is 11.8 Å². The summed E-state index contributed by atoms with van der Waals surface area (Å²) in [7, 11) is 3.36. The van der Waals surface area contributed by atoms with Crippen LogP contribution in [0.1, 0.15) is 18.5 Å². The molecule has 1 unspecified atom stereocenters. The number of ether oxygens (including phenoxy) is 2. The molecule has 9 nitrogen and oxygen atoms in total. The SMILES string of the molecule is CCOC(=O)C1=C(CSc2nnc(-c3ccc(F)cc3)n2C)NC(=O)NC1c1ccc(OC)cc1. The summed E-state index contributed by atoms with van der Waals surface area (Å²) in [6.07, 6.45) is 0. The Balaban J connectivity index is 1.64. The molecule has 35 heavy (non-hydrogen) atoms. The number of nitrogens with one attached hydrogen (secondary N) is 2. The molecule has 2 aromatic carbocycles. The summed E-state index contributed by atoms with van der Waals surface area (Å²) in [4.78, 5) is 25.4. The number of benzene rings is 2. The van der Waals surface area contributed by atoms with E-state index in [1.807, 2.05) is 0 Å². The molecule has 2 heterocycles. The lowest BCUT2D eigenvalue weighted by Crippen LogP contribution is -2.46. The van der Waals surface area contributed by atoms with E-state index < -0.39 is 18.0 Å². The molecule has 182 valence electrons. The zero-order valence-electron chi connectivity index (χ0n) is 19.4. The maximum absolute atomic E-state index is 13.3. The molecular formula is C24H24FN5O4S. The first-order valence-corrected chi connectivity index (χ1v) is 11.8. The van der Waals surface area contributed by atoms with Crippen LogP contribution in [0.3, 0.4) is 0 Å². The quantitative estimate of drug-likeness (QED) is 0.362. The Labute approximate surface area is 205 Å². The molecule has 11 heteroatoms. The molecule has 4 rings (SSSR count). The molecule has 1 aliphatic heterocycles. The minimum atomic E-state index is -0.696. The molecule has 2 N–H and O–H groups in total. The Morgan fingerprint density at radius 3 is 2.51 bits per heavy atom. The van der Waals surface area contributed by atoms with Crippen molar-refractivity contribution in [3.05, 3.63) is 71.2 Å². The first-order valence-electron chi connectivity index (χ1n) is 10.8. The van der Waals surface area contributed by atoms with Gasteiger partial charge in [-0.05, 0) is 48.9 Å². The monoisotopic (exact) mass is 497 g/mol.